The van der Waals surface area contributed by atoms with Gasteiger partial charge in [-0.15, -0.1) is 0 Å². The number of hydrogen-bond acceptors (Lipinski definition) is 6. The molecule has 10 heteroatoms. The van der Waals surface area contributed by atoms with Crippen LogP contribution in [0.4, 0.5) is 10.2 Å². The Hall–Kier alpha value is -3.81. The van der Waals surface area contributed by atoms with E-state index in [1.165, 1.54) is 16.4 Å². The monoisotopic (exact) mass is 507 g/mol. The van der Waals surface area contributed by atoms with Crippen molar-refractivity contribution in [3.63, 3.8) is 0 Å². The lowest BCUT2D eigenvalue weighted by atomic mass is 10.0. The van der Waals surface area contributed by atoms with Crippen LogP contribution in [0.1, 0.15) is 27.9 Å². The lowest BCUT2D eigenvalue weighted by molar-refractivity contribution is 0.0928. The van der Waals surface area contributed by atoms with E-state index in [2.05, 4.69) is 21.7 Å². The lowest BCUT2D eigenvalue weighted by Crippen LogP contribution is -2.55. The number of nitrogens with one attached hydrogen (secondary N) is 2. The number of anilines is 1. The normalized spacial score (nSPS) is 15.5. The minimum atomic E-state index is -3.32. The van der Waals surface area contributed by atoms with E-state index in [0.29, 0.717) is 48.6 Å². The molecular weight excluding hydrogens is 481 g/mol. The number of aromatic nitrogens is 1. The molecule has 0 unspecified atom stereocenters. The summed E-state index contributed by atoms with van der Waals surface area (Å²) in [5, 5.41) is 15.5. The molecule has 3 aromatic rings. The quantitative estimate of drug-likeness (QED) is 0.460. The van der Waals surface area contributed by atoms with Gasteiger partial charge >= 0.3 is 0 Å². The van der Waals surface area contributed by atoms with E-state index in [0.717, 1.165) is 11.8 Å². The summed E-state index contributed by atoms with van der Waals surface area (Å²) in [4.78, 5) is 17.7. The van der Waals surface area contributed by atoms with Crippen LogP contribution >= 0.6 is 0 Å². The van der Waals surface area contributed by atoms with Gasteiger partial charge in [0, 0.05) is 31.2 Å². The van der Waals surface area contributed by atoms with Gasteiger partial charge in [-0.25, -0.2) is 17.8 Å². The molecule has 0 saturated carbocycles. The van der Waals surface area contributed by atoms with Crippen LogP contribution in [-0.4, -0.2) is 55.5 Å². The third-order valence-corrected chi connectivity index (χ3v) is 7.41. The molecule has 2 N–H and O–H groups in total. The highest BCUT2D eigenvalue weighted by Crippen LogP contribution is 2.25. The van der Waals surface area contributed by atoms with Gasteiger partial charge in [0.05, 0.1) is 29.1 Å². The molecule has 2 aromatic carbocycles. The molecule has 2 heterocycles. The second-order valence-corrected chi connectivity index (χ2v) is 10.5. The summed E-state index contributed by atoms with van der Waals surface area (Å²) >= 11 is 0. The Morgan fingerprint density at radius 2 is 2.00 bits per heavy atom. The van der Waals surface area contributed by atoms with E-state index in [-0.39, 0.29) is 24.0 Å². The first-order valence-electron chi connectivity index (χ1n) is 11.5. The second kappa shape index (κ2) is 10.8. The highest BCUT2D eigenvalue weighted by Gasteiger charge is 2.35. The van der Waals surface area contributed by atoms with Crippen molar-refractivity contribution in [3.05, 3.63) is 83.2 Å². The van der Waals surface area contributed by atoms with Crippen LogP contribution < -0.4 is 10.6 Å². The zero-order chi connectivity index (χ0) is 25.7. The zero-order valence-electron chi connectivity index (χ0n) is 19.7. The molecular formula is C26H26FN5O3S. The summed E-state index contributed by atoms with van der Waals surface area (Å²) < 4.78 is 38.5. The van der Waals surface area contributed by atoms with Crippen molar-refractivity contribution >= 4 is 21.7 Å². The number of pyridine rings is 1. The smallest absolute Gasteiger partial charge is 0.255 e. The largest absolute Gasteiger partial charge is 0.369 e. The van der Waals surface area contributed by atoms with Gasteiger partial charge in [0.2, 0.25) is 10.0 Å². The molecule has 0 radical (unpaired) electrons. The zero-order valence-corrected chi connectivity index (χ0v) is 20.6. The number of rotatable bonds is 9. The van der Waals surface area contributed by atoms with Crippen LogP contribution in [0.15, 0.2) is 60.7 Å². The van der Waals surface area contributed by atoms with Crippen LogP contribution in [0.5, 0.6) is 0 Å². The first kappa shape index (κ1) is 25.3. The van der Waals surface area contributed by atoms with Crippen molar-refractivity contribution in [2.45, 2.75) is 18.9 Å². The Bertz CT molecular complexity index is 1420. The van der Waals surface area contributed by atoms with Crippen LogP contribution in [0.3, 0.4) is 0 Å². The Labute approximate surface area is 209 Å². The molecule has 1 aromatic heterocycles. The minimum Gasteiger partial charge on any atom is -0.369 e. The van der Waals surface area contributed by atoms with E-state index < -0.39 is 15.9 Å². The van der Waals surface area contributed by atoms with Gasteiger partial charge in [-0.2, -0.15) is 9.57 Å². The average Bonchev–Trinajstić information content (AvgIpc) is 2.82. The number of nitrogens with zero attached hydrogens (tertiary/aromatic N) is 3. The van der Waals surface area contributed by atoms with Gasteiger partial charge in [-0.3, -0.25) is 4.79 Å². The molecule has 1 saturated heterocycles. The lowest BCUT2D eigenvalue weighted by Gasteiger charge is -2.38. The third-order valence-electron chi connectivity index (χ3n) is 6.07. The molecule has 1 atom stereocenters. The molecule has 0 aliphatic carbocycles. The molecule has 1 amide bonds. The Kier molecular flexibility index (Phi) is 7.62. The fourth-order valence-corrected chi connectivity index (χ4v) is 5.27. The van der Waals surface area contributed by atoms with Gasteiger partial charge in [0.25, 0.3) is 5.91 Å². The summed E-state index contributed by atoms with van der Waals surface area (Å²) in [6, 6.07) is 18.5. The van der Waals surface area contributed by atoms with Crippen molar-refractivity contribution in [3.8, 4) is 17.3 Å². The van der Waals surface area contributed by atoms with E-state index >= 15 is 0 Å². The average molecular weight is 508 g/mol. The summed E-state index contributed by atoms with van der Waals surface area (Å²) in [5.74, 6) is -0.390. The highest BCUT2D eigenvalue weighted by atomic mass is 32.2. The summed E-state index contributed by atoms with van der Waals surface area (Å²) in [6.45, 7) is 1.03. The molecule has 0 spiro atoms. The molecule has 4 rings (SSSR count). The maximum Gasteiger partial charge on any atom is 0.255 e. The van der Waals surface area contributed by atoms with Crippen molar-refractivity contribution in [2.75, 3.05) is 31.2 Å². The van der Waals surface area contributed by atoms with Crippen LogP contribution in [0.25, 0.3) is 11.3 Å². The van der Waals surface area contributed by atoms with Gasteiger partial charge in [0.1, 0.15) is 11.6 Å². The number of nitriles is 1. The predicted molar refractivity (Wildman–Crippen MR) is 135 cm³/mol. The fraction of sp³-hybridized carbons (Fsp3) is 0.269. The first-order chi connectivity index (χ1) is 17.3. The minimum absolute atomic E-state index is 0.188. The van der Waals surface area contributed by atoms with Gasteiger partial charge in [-0.1, -0.05) is 30.3 Å². The number of benzene rings is 2. The Morgan fingerprint density at radius 3 is 2.69 bits per heavy atom. The van der Waals surface area contributed by atoms with Crippen LogP contribution in [0.2, 0.25) is 0 Å². The topological polar surface area (TPSA) is 115 Å². The van der Waals surface area contributed by atoms with E-state index in [4.69, 9.17) is 0 Å². The van der Waals surface area contributed by atoms with Crippen LogP contribution in [0, 0.1) is 17.1 Å². The van der Waals surface area contributed by atoms with Crippen molar-refractivity contribution < 1.29 is 17.6 Å². The van der Waals surface area contributed by atoms with Gasteiger partial charge in [-0.05, 0) is 48.7 Å². The first-order valence-corrected chi connectivity index (χ1v) is 13.3. The van der Waals surface area contributed by atoms with E-state index in [1.807, 2.05) is 12.1 Å². The maximum atomic E-state index is 13.5. The third kappa shape index (κ3) is 5.87. The molecule has 1 aliphatic rings. The molecule has 0 bridgehead atoms. The number of carbonyl (C=O) groups is 1. The maximum absolute atomic E-state index is 13.5. The highest BCUT2D eigenvalue weighted by molar-refractivity contribution is 7.88. The van der Waals surface area contributed by atoms with Crippen molar-refractivity contribution in [2.24, 2.45) is 0 Å². The summed E-state index contributed by atoms with van der Waals surface area (Å²) in [6.07, 6.45) is 2.34. The SMILES string of the molecule is CS(=O)(=O)N1CC[C@@H]1CNC(=O)c1ccc(-c2ccccc2C#N)nc1NCCc1cccc(F)c1. The molecule has 8 nitrogen and oxygen atoms in total. The van der Waals surface area contributed by atoms with Crippen molar-refractivity contribution in [1.29, 1.82) is 5.26 Å². The van der Waals surface area contributed by atoms with Crippen LogP contribution in [-0.2, 0) is 16.4 Å². The number of sulfonamides is 1. The fourth-order valence-electron chi connectivity index (χ4n) is 4.11. The molecule has 1 fully saturated rings. The number of halogens is 1. The molecule has 36 heavy (non-hydrogen) atoms. The standard InChI is InChI=1S/C26H26FN5O3S/c1-36(34,35)32-14-12-21(32)17-30-26(33)23-9-10-24(22-8-3-2-6-19(22)16-28)31-25(23)29-13-11-18-5-4-7-20(27)15-18/h2-10,15,21H,11-14,17H2,1H3,(H,29,31)(H,30,33)/t21-/m1/s1. The second-order valence-electron chi connectivity index (χ2n) is 8.58. The van der Waals surface area contributed by atoms with Gasteiger partial charge < -0.3 is 10.6 Å². The Balaban J connectivity index is 1.55. The van der Waals surface area contributed by atoms with E-state index in [1.54, 1.807) is 36.4 Å². The van der Waals surface area contributed by atoms with Gasteiger partial charge in [0.15, 0.2) is 0 Å². The number of amides is 1. The predicted octanol–water partition coefficient (Wildman–Crippen LogP) is 3.18. The number of carbonyl (C=O) groups excluding carboxylic acids is 1. The van der Waals surface area contributed by atoms with E-state index in [9.17, 15) is 22.9 Å². The molecule has 1 aliphatic heterocycles. The summed E-state index contributed by atoms with van der Waals surface area (Å²) in [7, 11) is -3.32. The molecule has 186 valence electrons. The Morgan fingerprint density at radius 1 is 1.19 bits per heavy atom. The number of hydrogen-bond donors (Lipinski definition) is 2. The summed E-state index contributed by atoms with van der Waals surface area (Å²) in [5.41, 5.74) is 2.71. The van der Waals surface area contributed by atoms with Crippen molar-refractivity contribution in [1.82, 2.24) is 14.6 Å².